The second kappa shape index (κ2) is 9.92. The second-order valence-electron chi connectivity index (χ2n) is 7.45. The highest BCUT2D eigenvalue weighted by molar-refractivity contribution is 6.00. The third kappa shape index (κ3) is 5.47. The van der Waals surface area contributed by atoms with E-state index in [0.717, 1.165) is 25.7 Å². The van der Waals surface area contributed by atoms with Gasteiger partial charge in [-0.2, -0.15) is 0 Å². The lowest BCUT2D eigenvalue weighted by Crippen LogP contribution is -2.45. The zero-order valence-electron chi connectivity index (χ0n) is 17.7. The lowest BCUT2D eigenvalue weighted by Gasteiger charge is -2.29. The van der Waals surface area contributed by atoms with Crippen molar-refractivity contribution in [1.29, 1.82) is 0 Å². The average Bonchev–Trinajstić information content (AvgIpc) is 3.52. The van der Waals surface area contributed by atoms with Crippen LogP contribution in [0.25, 0.3) is 0 Å². The number of esters is 1. The summed E-state index contributed by atoms with van der Waals surface area (Å²) in [5, 5.41) is 2.92. The molecule has 1 aliphatic rings. The maximum atomic E-state index is 13.0. The maximum absolute atomic E-state index is 13.0. The maximum Gasteiger partial charge on any atom is 0.341 e. The number of hydrogen-bond acceptors (Lipinski definition) is 5. The van der Waals surface area contributed by atoms with E-state index in [2.05, 4.69) is 5.32 Å². The fourth-order valence-corrected chi connectivity index (χ4v) is 2.95. The minimum atomic E-state index is -0.855. The SMILES string of the molecule is CCCO[C@](C)(C(=O)Nc1ccc(O[C@H](C)CC)c(C(=O)OCC)c1)C1CC1. The zero-order chi connectivity index (χ0) is 20.7. The molecule has 0 radical (unpaired) electrons. The van der Waals surface area contributed by atoms with E-state index in [9.17, 15) is 9.59 Å². The Bertz CT molecular complexity index is 686. The molecular formula is C22H33NO5. The van der Waals surface area contributed by atoms with Gasteiger partial charge in [-0.15, -0.1) is 0 Å². The lowest BCUT2D eigenvalue weighted by molar-refractivity contribution is -0.142. The summed E-state index contributed by atoms with van der Waals surface area (Å²) >= 11 is 0. The van der Waals surface area contributed by atoms with Crippen molar-refractivity contribution in [2.24, 2.45) is 5.92 Å². The average molecular weight is 392 g/mol. The summed E-state index contributed by atoms with van der Waals surface area (Å²) in [6.45, 7) is 10.4. The summed E-state index contributed by atoms with van der Waals surface area (Å²) in [6.07, 6.45) is 3.61. The van der Waals surface area contributed by atoms with Crippen molar-refractivity contribution in [2.45, 2.75) is 72.0 Å². The number of rotatable bonds is 11. The normalized spacial score (nSPS) is 16.8. The van der Waals surface area contributed by atoms with Gasteiger partial charge in [0.1, 0.15) is 16.9 Å². The molecule has 0 aliphatic heterocycles. The molecule has 0 saturated heterocycles. The zero-order valence-corrected chi connectivity index (χ0v) is 17.7. The van der Waals surface area contributed by atoms with Crippen LogP contribution in [-0.2, 0) is 14.3 Å². The van der Waals surface area contributed by atoms with Crippen LogP contribution in [0.3, 0.4) is 0 Å². The molecule has 1 saturated carbocycles. The van der Waals surface area contributed by atoms with E-state index in [0.29, 0.717) is 23.6 Å². The quantitative estimate of drug-likeness (QED) is 0.559. The van der Waals surface area contributed by atoms with E-state index in [1.807, 2.05) is 27.7 Å². The fourth-order valence-electron chi connectivity index (χ4n) is 2.95. The Morgan fingerprint density at radius 1 is 1.25 bits per heavy atom. The molecular weight excluding hydrogens is 358 g/mol. The van der Waals surface area contributed by atoms with Crippen molar-refractivity contribution in [3.63, 3.8) is 0 Å². The number of amides is 1. The monoisotopic (exact) mass is 391 g/mol. The van der Waals surface area contributed by atoms with Crippen LogP contribution in [0.4, 0.5) is 5.69 Å². The van der Waals surface area contributed by atoms with Crippen LogP contribution in [0.5, 0.6) is 5.75 Å². The molecule has 2 rings (SSSR count). The Kier molecular flexibility index (Phi) is 7.87. The molecule has 1 fully saturated rings. The number of benzene rings is 1. The fraction of sp³-hybridized carbons (Fsp3) is 0.636. The van der Waals surface area contributed by atoms with Gasteiger partial charge in [0.05, 0.1) is 12.7 Å². The lowest BCUT2D eigenvalue weighted by atomic mass is 9.98. The third-order valence-corrected chi connectivity index (χ3v) is 5.05. The Hall–Kier alpha value is -2.08. The number of anilines is 1. The van der Waals surface area contributed by atoms with Crippen molar-refractivity contribution < 1.29 is 23.8 Å². The first-order chi connectivity index (χ1) is 13.3. The summed E-state index contributed by atoms with van der Waals surface area (Å²) in [7, 11) is 0. The molecule has 1 aromatic carbocycles. The van der Waals surface area contributed by atoms with Gasteiger partial charge in [-0.3, -0.25) is 4.79 Å². The molecule has 28 heavy (non-hydrogen) atoms. The highest BCUT2D eigenvalue weighted by Gasteiger charge is 2.48. The van der Waals surface area contributed by atoms with Gasteiger partial charge >= 0.3 is 5.97 Å². The number of carbonyl (C=O) groups excluding carboxylic acids is 2. The molecule has 1 amide bonds. The molecule has 0 heterocycles. The van der Waals surface area contributed by atoms with Crippen LogP contribution >= 0.6 is 0 Å². The summed E-state index contributed by atoms with van der Waals surface area (Å²) in [6, 6.07) is 5.06. The summed E-state index contributed by atoms with van der Waals surface area (Å²) in [5.74, 6) is 0.0347. The van der Waals surface area contributed by atoms with E-state index in [-0.39, 0.29) is 24.5 Å². The number of ether oxygens (including phenoxy) is 3. The smallest absolute Gasteiger partial charge is 0.341 e. The van der Waals surface area contributed by atoms with Gasteiger partial charge in [-0.05, 0) is 70.6 Å². The summed E-state index contributed by atoms with van der Waals surface area (Å²) < 4.78 is 16.9. The van der Waals surface area contributed by atoms with Crippen LogP contribution in [0, 0.1) is 5.92 Å². The van der Waals surface area contributed by atoms with Crippen LogP contribution in [0.1, 0.15) is 70.7 Å². The Morgan fingerprint density at radius 2 is 1.96 bits per heavy atom. The van der Waals surface area contributed by atoms with Gasteiger partial charge in [0.25, 0.3) is 5.91 Å². The van der Waals surface area contributed by atoms with Crippen molar-refractivity contribution in [2.75, 3.05) is 18.5 Å². The third-order valence-electron chi connectivity index (χ3n) is 5.05. The van der Waals surface area contributed by atoms with Crippen LogP contribution in [0.2, 0.25) is 0 Å². The van der Waals surface area contributed by atoms with Gasteiger partial charge in [-0.25, -0.2) is 4.79 Å². The molecule has 1 N–H and O–H groups in total. The second-order valence-corrected chi connectivity index (χ2v) is 7.45. The predicted molar refractivity (Wildman–Crippen MR) is 109 cm³/mol. The minimum absolute atomic E-state index is 0.0331. The van der Waals surface area contributed by atoms with Crippen molar-refractivity contribution >= 4 is 17.6 Å². The van der Waals surface area contributed by atoms with Crippen LogP contribution in [-0.4, -0.2) is 36.8 Å². The molecule has 0 unspecified atom stereocenters. The standard InChI is InChI=1S/C22H33NO5/c1-6-13-27-22(5,16-9-10-16)21(25)23-17-11-12-19(28-15(4)7-2)18(14-17)20(24)26-8-3/h11-12,14-16H,6-10,13H2,1-5H3,(H,23,25)/t15-,22+/m1/s1. The van der Waals surface area contributed by atoms with E-state index in [1.54, 1.807) is 25.1 Å². The Morgan fingerprint density at radius 3 is 2.54 bits per heavy atom. The van der Waals surface area contributed by atoms with Gasteiger partial charge in [0, 0.05) is 12.3 Å². The van der Waals surface area contributed by atoms with E-state index in [1.165, 1.54) is 0 Å². The van der Waals surface area contributed by atoms with Gasteiger partial charge in [0.2, 0.25) is 0 Å². The highest BCUT2D eigenvalue weighted by Crippen LogP contribution is 2.42. The van der Waals surface area contributed by atoms with Gasteiger partial charge in [-0.1, -0.05) is 13.8 Å². The van der Waals surface area contributed by atoms with Crippen molar-refractivity contribution in [1.82, 2.24) is 0 Å². The van der Waals surface area contributed by atoms with E-state index >= 15 is 0 Å². The Balaban J connectivity index is 2.23. The number of carbonyl (C=O) groups is 2. The molecule has 156 valence electrons. The first-order valence-electron chi connectivity index (χ1n) is 10.3. The minimum Gasteiger partial charge on any atom is -0.490 e. The summed E-state index contributed by atoms with van der Waals surface area (Å²) in [4.78, 5) is 25.3. The van der Waals surface area contributed by atoms with Crippen molar-refractivity contribution in [3.8, 4) is 5.75 Å². The van der Waals surface area contributed by atoms with E-state index in [4.69, 9.17) is 14.2 Å². The molecule has 2 atom stereocenters. The predicted octanol–water partition coefficient (Wildman–Crippen LogP) is 4.57. The molecule has 6 nitrogen and oxygen atoms in total. The van der Waals surface area contributed by atoms with Crippen molar-refractivity contribution in [3.05, 3.63) is 23.8 Å². The Labute approximate surface area is 167 Å². The number of nitrogens with one attached hydrogen (secondary N) is 1. The molecule has 0 aromatic heterocycles. The largest absolute Gasteiger partial charge is 0.490 e. The van der Waals surface area contributed by atoms with Crippen LogP contribution in [0.15, 0.2) is 18.2 Å². The highest BCUT2D eigenvalue weighted by atomic mass is 16.5. The van der Waals surface area contributed by atoms with Crippen LogP contribution < -0.4 is 10.1 Å². The molecule has 1 aliphatic carbocycles. The topological polar surface area (TPSA) is 73.9 Å². The summed E-state index contributed by atoms with van der Waals surface area (Å²) in [5.41, 5.74) is -0.0227. The number of hydrogen-bond donors (Lipinski definition) is 1. The molecule has 6 heteroatoms. The molecule has 0 spiro atoms. The van der Waals surface area contributed by atoms with Gasteiger partial charge < -0.3 is 19.5 Å². The van der Waals surface area contributed by atoms with E-state index < -0.39 is 11.6 Å². The first-order valence-corrected chi connectivity index (χ1v) is 10.3. The molecule has 1 aromatic rings. The molecule has 0 bridgehead atoms. The van der Waals surface area contributed by atoms with Gasteiger partial charge in [0.15, 0.2) is 0 Å². The first kappa shape index (κ1) is 22.2.